The Balaban J connectivity index is 1.83. The molecule has 0 bridgehead atoms. The summed E-state index contributed by atoms with van der Waals surface area (Å²) in [6, 6.07) is 4.54. The van der Waals surface area contributed by atoms with Crippen LogP contribution in [0.1, 0.15) is 41.2 Å². The first-order chi connectivity index (χ1) is 16.0. The second-order valence-corrected chi connectivity index (χ2v) is 11.1. The third-order valence-electron chi connectivity index (χ3n) is 6.05. The van der Waals surface area contributed by atoms with E-state index in [0.29, 0.717) is 12.8 Å². The lowest BCUT2D eigenvalue weighted by Gasteiger charge is -2.33. The topological polar surface area (TPSA) is 83.6 Å². The summed E-state index contributed by atoms with van der Waals surface area (Å²) in [6.07, 6.45) is 0.601. The second kappa shape index (κ2) is 9.31. The molecule has 2 aromatic carbocycles. The summed E-state index contributed by atoms with van der Waals surface area (Å²) >= 11 is 5.70. The van der Waals surface area contributed by atoms with E-state index >= 15 is 0 Å². The van der Waals surface area contributed by atoms with Crippen LogP contribution in [-0.2, 0) is 14.6 Å². The van der Waals surface area contributed by atoms with E-state index in [0.717, 1.165) is 29.4 Å². The van der Waals surface area contributed by atoms with Crippen molar-refractivity contribution in [3.8, 4) is 0 Å². The van der Waals surface area contributed by atoms with Crippen LogP contribution in [0.2, 0.25) is 5.02 Å². The molecular formula is C23H22ClF3N2O4S. The van der Waals surface area contributed by atoms with Gasteiger partial charge >= 0.3 is 0 Å². The summed E-state index contributed by atoms with van der Waals surface area (Å²) in [4.78, 5) is 27.9. The molecule has 2 amide bonds. The van der Waals surface area contributed by atoms with Crippen molar-refractivity contribution in [3.63, 3.8) is 0 Å². The predicted molar refractivity (Wildman–Crippen MR) is 119 cm³/mol. The minimum Gasteiger partial charge on any atom is -0.303 e. The van der Waals surface area contributed by atoms with Gasteiger partial charge in [0.15, 0.2) is 9.84 Å². The maximum atomic E-state index is 15.0. The molecule has 0 radical (unpaired) electrons. The highest BCUT2D eigenvalue weighted by Gasteiger charge is 2.46. The Labute approximate surface area is 200 Å². The number of sulfone groups is 1. The van der Waals surface area contributed by atoms with E-state index in [9.17, 15) is 31.2 Å². The van der Waals surface area contributed by atoms with E-state index in [1.807, 2.05) is 0 Å². The van der Waals surface area contributed by atoms with Gasteiger partial charge in [0.05, 0.1) is 22.0 Å². The highest BCUT2D eigenvalue weighted by molar-refractivity contribution is 7.90. The predicted octanol–water partition coefficient (Wildman–Crippen LogP) is 3.84. The molecular weight excluding hydrogens is 493 g/mol. The minimum atomic E-state index is -3.66. The average Bonchev–Trinajstić information content (AvgIpc) is 3.52. The van der Waals surface area contributed by atoms with E-state index in [2.05, 4.69) is 5.32 Å². The number of carbonyl (C=O) groups excluding carboxylic acids is 2. The van der Waals surface area contributed by atoms with Crippen LogP contribution < -0.4 is 5.32 Å². The molecule has 2 fully saturated rings. The van der Waals surface area contributed by atoms with Crippen molar-refractivity contribution in [1.29, 1.82) is 0 Å². The minimum absolute atomic E-state index is 0.0833. The Hall–Kier alpha value is -2.43. The number of benzene rings is 2. The third kappa shape index (κ3) is 4.99. The van der Waals surface area contributed by atoms with E-state index in [4.69, 9.17) is 11.6 Å². The number of rotatable bonds is 6. The average molecular weight is 515 g/mol. The van der Waals surface area contributed by atoms with Gasteiger partial charge in [-0.05, 0) is 49.1 Å². The number of hydrogen-bond acceptors (Lipinski definition) is 5. The standard InChI is InChI=1S/C23H22ClF3N2O4S/c1-34(32,33)15-4-2-3-13(7-15)22(30)29(23(31)20-8-14(25)11-28-20)21(12-5-6-12)16-9-19(27)17(24)10-18(16)26/h2-4,7,9-10,12,14,20-21,28H,5-6,8,11H2,1H3/t14-,20+,21+/m0/s1. The van der Waals surface area contributed by atoms with Crippen LogP contribution in [0.4, 0.5) is 13.2 Å². The zero-order valence-corrected chi connectivity index (χ0v) is 19.7. The van der Waals surface area contributed by atoms with Gasteiger partial charge in [0.1, 0.15) is 17.8 Å². The van der Waals surface area contributed by atoms with Gasteiger partial charge in [0, 0.05) is 30.3 Å². The summed E-state index contributed by atoms with van der Waals surface area (Å²) in [5.41, 5.74) is -0.341. The van der Waals surface area contributed by atoms with Gasteiger partial charge in [-0.1, -0.05) is 17.7 Å². The molecule has 1 aliphatic heterocycles. The molecule has 1 N–H and O–H groups in total. The maximum absolute atomic E-state index is 15.0. The highest BCUT2D eigenvalue weighted by Crippen LogP contribution is 2.47. The first-order valence-corrected chi connectivity index (χ1v) is 12.9. The molecule has 11 heteroatoms. The molecule has 1 heterocycles. The number of imide groups is 1. The normalized spacial score (nSPS) is 21.3. The van der Waals surface area contributed by atoms with Gasteiger partial charge in [0.2, 0.25) is 5.91 Å². The van der Waals surface area contributed by atoms with Crippen molar-refractivity contribution in [1.82, 2.24) is 10.2 Å². The quantitative estimate of drug-likeness (QED) is 0.468. The molecule has 1 saturated carbocycles. The van der Waals surface area contributed by atoms with Crippen molar-refractivity contribution in [3.05, 3.63) is 64.2 Å². The maximum Gasteiger partial charge on any atom is 0.261 e. The fourth-order valence-electron chi connectivity index (χ4n) is 4.19. The Morgan fingerprint density at radius 2 is 1.85 bits per heavy atom. The molecule has 182 valence electrons. The number of carbonyl (C=O) groups is 2. The fourth-order valence-corrected chi connectivity index (χ4v) is 5.01. The van der Waals surface area contributed by atoms with Gasteiger partial charge in [-0.15, -0.1) is 0 Å². The molecule has 2 aromatic rings. The third-order valence-corrected chi connectivity index (χ3v) is 7.45. The van der Waals surface area contributed by atoms with E-state index in [1.54, 1.807) is 0 Å². The summed E-state index contributed by atoms with van der Waals surface area (Å²) in [5, 5.41) is 2.28. The summed E-state index contributed by atoms with van der Waals surface area (Å²) in [7, 11) is -3.66. The van der Waals surface area contributed by atoms with Gasteiger partial charge in [-0.3, -0.25) is 14.5 Å². The van der Waals surface area contributed by atoms with Crippen LogP contribution in [-0.4, -0.2) is 50.1 Å². The summed E-state index contributed by atoms with van der Waals surface area (Å²) < 4.78 is 67.1. The molecule has 0 unspecified atom stereocenters. The molecule has 6 nitrogen and oxygen atoms in total. The van der Waals surface area contributed by atoms with Crippen LogP contribution in [0.15, 0.2) is 41.3 Å². The Kier molecular flexibility index (Phi) is 6.76. The second-order valence-electron chi connectivity index (χ2n) is 8.68. The number of amides is 2. The Morgan fingerprint density at radius 3 is 2.44 bits per heavy atom. The number of alkyl halides is 1. The van der Waals surface area contributed by atoms with Crippen molar-refractivity contribution in [2.75, 3.05) is 12.8 Å². The molecule has 1 aliphatic carbocycles. The van der Waals surface area contributed by atoms with Gasteiger partial charge in [-0.2, -0.15) is 0 Å². The Bertz CT molecular complexity index is 1250. The zero-order valence-electron chi connectivity index (χ0n) is 18.1. The van der Waals surface area contributed by atoms with Gasteiger partial charge < -0.3 is 5.32 Å². The molecule has 3 atom stereocenters. The van der Waals surface area contributed by atoms with Crippen LogP contribution in [0, 0.1) is 17.6 Å². The largest absolute Gasteiger partial charge is 0.303 e. The summed E-state index contributed by atoms with van der Waals surface area (Å²) in [5.74, 6) is -3.82. The van der Waals surface area contributed by atoms with E-state index < -0.39 is 56.6 Å². The number of nitrogens with zero attached hydrogens (tertiary/aromatic N) is 1. The van der Waals surface area contributed by atoms with Crippen LogP contribution in [0.25, 0.3) is 0 Å². The summed E-state index contributed by atoms with van der Waals surface area (Å²) in [6.45, 7) is -0.0833. The Morgan fingerprint density at radius 1 is 1.15 bits per heavy atom. The highest BCUT2D eigenvalue weighted by atomic mass is 35.5. The number of hydrogen-bond donors (Lipinski definition) is 1. The lowest BCUT2D eigenvalue weighted by molar-refractivity contribution is -0.133. The van der Waals surface area contributed by atoms with Crippen molar-refractivity contribution < 1.29 is 31.2 Å². The lowest BCUT2D eigenvalue weighted by Crippen LogP contribution is -2.49. The molecule has 34 heavy (non-hydrogen) atoms. The first kappa shape index (κ1) is 24.7. The van der Waals surface area contributed by atoms with E-state index in [-0.39, 0.29) is 34.9 Å². The van der Waals surface area contributed by atoms with Gasteiger partial charge in [-0.25, -0.2) is 21.6 Å². The van der Waals surface area contributed by atoms with Crippen molar-refractivity contribution >= 4 is 33.3 Å². The first-order valence-electron chi connectivity index (χ1n) is 10.7. The van der Waals surface area contributed by atoms with Crippen LogP contribution in [0.5, 0.6) is 0 Å². The molecule has 0 spiro atoms. The monoisotopic (exact) mass is 514 g/mol. The van der Waals surface area contributed by atoms with Crippen LogP contribution in [0.3, 0.4) is 0 Å². The fraction of sp³-hybridized carbons (Fsp3) is 0.391. The van der Waals surface area contributed by atoms with Crippen molar-refractivity contribution in [2.24, 2.45) is 5.92 Å². The molecule has 2 aliphatic rings. The SMILES string of the molecule is CS(=O)(=O)c1cccc(C(=O)N(C(=O)[C@H]2C[C@H](F)CN2)[C@@H](c2cc(F)c(Cl)cc2F)C2CC2)c1. The van der Waals surface area contributed by atoms with E-state index in [1.165, 1.54) is 18.2 Å². The van der Waals surface area contributed by atoms with Crippen LogP contribution >= 0.6 is 11.6 Å². The van der Waals surface area contributed by atoms with Gasteiger partial charge in [0.25, 0.3) is 5.91 Å². The lowest BCUT2D eigenvalue weighted by atomic mass is 9.97. The number of halogens is 4. The molecule has 4 rings (SSSR count). The zero-order chi connectivity index (χ0) is 24.8. The molecule has 1 saturated heterocycles. The smallest absolute Gasteiger partial charge is 0.261 e. The van der Waals surface area contributed by atoms with Crippen molar-refractivity contribution in [2.45, 2.75) is 42.4 Å². The molecule has 0 aromatic heterocycles. The number of nitrogens with one attached hydrogen (secondary N) is 1.